The Morgan fingerprint density at radius 3 is 2.52 bits per heavy atom. The number of hydrogen-bond acceptors (Lipinski definition) is 4. The van der Waals surface area contributed by atoms with Crippen LogP contribution in [0.25, 0.3) is 0 Å². The molecule has 4 heteroatoms. The van der Waals surface area contributed by atoms with Crippen LogP contribution in [0.2, 0.25) is 0 Å². The summed E-state index contributed by atoms with van der Waals surface area (Å²) in [6.45, 7) is 0. The lowest BCUT2D eigenvalue weighted by atomic mass is 10.0. The van der Waals surface area contributed by atoms with Gasteiger partial charge in [-0.1, -0.05) is 35.5 Å². The van der Waals surface area contributed by atoms with Crippen molar-refractivity contribution in [3.8, 4) is 11.8 Å². The summed E-state index contributed by atoms with van der Waals surface area (Å²) >= 11 is 0. The number of nitrogens with zero attached hydrogens (tertiary/aromatic N) is 2. The maximum atomic E-state index is 8.83. The highest BCUT2D eigenvalue weighted by molar-refractivity contribution is 5.84. The molecule has 0 amide bonds. The van der Waals surface area contributed by atoms with Crippen molar-refractivity contribution in [2.75, 3.05) is 7.11 Å². The van der Waals surface area contributed by atoms with Crippen molar-refractivity contribution in [1.29, 1.82) is 5.26 Å². The largest absolute Gasteiger partial charge is 0.505 e. The van der Waals surface area contributed by atoms with Gasteiger partial charge in [-0.25, -0.2) is 0 Å². The SMILES string of the molecule is CO/C=C/CC/C(CCc1ccccc1)=N/Oc1ccc(C#N)cc1. The van der Waals surface area contributed by atoms with Gasteiger partial charge >= 0.3 is 0 Å². The Kier molecular flexibility index (Phi) is 7.80. The molecule has 2 aromatic carbocycles. The first-order chi connectivity index (χ1) is 12.3. The fourth-order valence-corrected chi connectivity index (χ4v) is 2.27. The van der Waals surface area contributed by atoms with Crippen LogP contribution in [-0.2, 0) is 11.2 Å². The van der Waals surface area contributed by atoms with Gasteiger partial charge in [0, 0.05) is 0 Å². The van der Waals surface area contributed by atoms with E-state index in [1.807, 2.05) is 24.3 Å². The predicted octanol–water partition coefficient (Wildman–Crippen LogP) is 4.87. The first-order valence-corrected chi connectivity index (χ1v) is 8.26. The van der Waals surface area contributed by atoms with E-state index in [4.69, 9.17) is 14.8 Å². The maximum Gasteiger partial charge on any atom is 0.158 e. The number of methoxy groups -OCH3 is 1. The first-order valence-electron chi connectivity index (χ1n) is 8.26. The Bertz CT molecular complexity index is 729. The molecule has 0 aliphatic rings. The van der Waals surface area contributed by atoms with Crippen LogP contribution in [0.15, 0.2) is 72.1 Å². The summed E-state index contributed by atoms with van der Waals surface area (Å²) in [6, 6.07) is 19.4. The van der Waals surface area contributed by atoms with Crippen molar-refractivity contribution >= 4 is 5.71 Å². The number of ether oxygens (including phenoxy) is 1. The van der Waals surface area contributed by atoms with Gasteiger partial charge in [0.15, 0.2) is 5.75 Å². The molecule has 0 bridgehead atoms. The summed E-state index contributed by atoms with van der Waals surface area (Å²) < 4.78 is 4.93. The van der Waals surface area contributed by atoms with E-state index in [0.717, 1.165) is 31.4 Å². The molecular weight excluding hydrogens is 312 g/mol. The van der Waals surface area contributed by atoms with Gasteiger partial charge in [0.05, 0.1) is 30.7 Å². The van der Waals surface area contributed by atoms with E-state index in [0.29, 0.717) is 11.3 Å². The van der Waals surface area contributed by atoms with E-state index < -0.39 is 0 Å². The van der Waals surface area contributed by atoms with Gasteiger partial charge in [-0.2, -0.15) is 5.26 Å². The zero-order valence-corrected chi connectivity index (χ0v) is 14.4. The molecule has 2 aromatic rings. The number of rotatable bonds is 9. The zero-order valence-electron chi connectivity index (χ0n) is 14.4. The molecule has 25 heavy (non-hydrogen) atoms. The number of aryl methyl sites for hydroxylation is 1. The quantitative estimate of drug-likeness (QED) is 0.373. The van der Waals surface area contributed by atoms with Crippen LogP contribution < -0.4 is 4.84 Å². The summed E-state index contributed by atoms with van der Waals surface area (Å²) in [5, 5.41) is 13.2. The van der Waals surface area contributed by atoms with Gasteiger partial charge in [-0.05, 0) is 61.6 Å². The van der Waals surface area contributed by atoms with Gasteiger partial charge in [-0.15, -0.1) is 0 Å². The summed E-state index contributed by atoms with van der Waals surface area (Å²) in [7, 11) is 1.63. The Balaban J connectivity index is 1.98. The van der Waals surface area contributed by atoms with E-state index in [9.17, 15) is 0 Å². The topological polar surface area (TPSA) is 54.6 Å². The molecule has 0 aromatic heterocycles. The Hall–Kier alpha value is -3.06. The fraction of sp³-hybridized carbons (Fsp3) is 0.238. The average Bonchev–Trinajstić information content (AvgIpc) is 2.68. The van der Waals surface area contributed by atoms with E-state index in [-0.39, 0.29) is 0 Å². The highest BCUT2D eigenvalue weighted by atomic mass is 16.6. The maximum absolute atomic E-state index is 8.83. The Morgan fingerprint density at radius 2 is 1.84 bits per heavy atom. The minimum Gasteiger partial charge on any atom is -0.505 e. The number of hydrogen-bond donors (Lipinski definition) is 0. The molecule has 0 saturated carbocycles. The lowest BCUT2D eigenvalue weighted by molar-refractivity contribution is 0.335. The van der Waals surface area contributed by atoms with E-state index in [1.165, 1.54) is 5.56 Å². The summed E-state index contributed by atoms with van der Waals surface area (Å²) in [5.41, 5.74) is 2.88. The zero-order chi connectivity index (χ0) is 17.7. The van der Waals surface area contributed by atoms with Crippen LogP contribution in [-0.4, -0.2) is 12.8 Å². The molecular formula is C21H22N2O2. The van der Waals surface area contributed by atoms with Crippen LogP contribution in [0.3, 0.4) is 0 Å². The molecule has 0 aliphatic heterocycles. The molecule has 0 fully saturated rings. The lowest BCUT2D eigenvalue weighted by Gasteiger charge is -2.06. The second-order valence-corrected chi connectivity index (χ2v) is 5.52. The van der Waals surface area contributed by atoms with Crippen LogP contribution in [0, 0.1) is 11.3 Å². The predicted molar refractivity (Wildman–Crippen MR) is 99.4 cm³/mol. The normalized spacial score (nSPS) is 11.3. The molecule has 0 heterocycles. The van der Waals surface area contributed by atoms with Crippen molar-refractivity contribution in [2.45, 2.75) is 25.7 Å². The Labute approximate surface area is 149 Å². The second kappa shape index (κ2) is 10.7. The molecule has 0 N–H and O–H groups in total. The molecule has 0 aliphatic carbocycles. The summed E-state index contributed by atoms with van der Waals surface area (Å²) in [5.74, 6) is 0.628. The van der Waals surface area contributed by atoms with Crippen LogP contribution in [0.4, 0.5) is 0 Å². The molecule has 2 rings (SSSR count). The molecule has 0 atom stereocenters. The smallest absolute Gasteiger partial charge is 0.158 e. The number of nitriles is 1. The molecule has 0 spiro atoms. The lowest BCUT2D eigenvalue weighted by Crippen LogP contribution is -2.03. The standard InChI is InChI=1S/C21H22N2O2/c1-24-16-6-5-9-20(13-10-18-7-3-2-4-8-18)23-25-21-14-11-19(17-22)12-15-21/h2-4,6-8,11-12,14-16H,5,9-10,13H2,1H3/b16-6+,23-20-. The van der Waals surface area contributed by atoms with Crippen LogP contribution in [0.5, 0.6) is 5.75 Å². The molecule has 4 nitrogen and oxygen atoms in total. The van der Waals surface area contributed by atoms with Crippen molar-refractivity contribution in [1.82, 2.24) is 0 Å². The van der Waals surface area contributed by atoms with Gasteiger partial charge in [0.1, 0.15) is 0 Å². The first kappa shape index (κ1) is 18.3. The highest BCUT2D eigenvalue weighted by Gasteiger charge is 2.03. The second-order valence-electron chi connectivity index (χ2n) is 5.52. The van der Waals surface area contributed by atoms with E-state index in [1.54, 1.807) is 37.6 Å². The summed E-state index contributed by atoms with van der Waals surface area (Å²) in [6.07, 6.45) is 7.06. The van der Waals surface area contributed by atoms with Gasteiger partial charge in [0.2, 0.25) is 0 Å². The highest BCUT2D eigenvalue weighted by Crippen LogP contribution is 2.13. The molecule has 0 unspecified atom stereocenters. The van der Waals surface area contributed by atoms with Crippen LogP contribution in [0.1, 0.15) is 30.4 Å². The van der Waals surface area contributed by atoms with Crippen molar-refractivity contribution < 1.29 is 9.57 Å². The van der Waals surface area contributed by atoms with Crippen molar-refractivity contribution in [3.63, 3.8) is 0 Å². The van der Waals surface area contributed by atoms with Crippen molar-refractivity contribution in [2.24, 2.45) is 5.16 Å². The number of benzene rings is 2. The van der Waals surface area contributed by atoms with Gasteiger partial charge in [0.25, 0.3) is 0 Å². The fourth-order valence-electron chi connectivity index (χ4n) is 2.27. The van der Waals surface area contributed by atoms with Gasteiger partial charge < -0.3 is 9.57 Å². The molecule has 0 saturated heterocycles. The number of allylic oxidation sites excluding steroid dienone is 1. The molecule has 0 radical (unpaired) electrons. The monoisotopic (exact) mass is 334 g/mol. The third-order valence-electron chi connectivity index (χ3n) is 3.64. The third-order valence-corrected chi connectivity index (χ3v) is 3.64. The van der Waals surface area contributed by atoms with E-state index >= 15 is 0 Å². The minimum absolute atomic E-state index is 0.602. The minimum atomic E-state index is 0.602. The average molecular weight is 334 g/mol. The van der Waals surface area contributed by atoms with Crippen LogP contribution >= 0.6 is 0 Å². The van der Waals surface area contributed by atoms with Crippen molar-refractivity contribution in [3.05, 3.63) is 78.1 Å². The van der Waals surface area contributed by atoms with E-state index in [2.05, 4.69) is 23.4 Å². The summed E-state index contributed by atoms with van der Waals surface area (Å²) in [4.78, 5) is 5.54. The Morgan fingerprint density at radius 1 is 1.08 bits per heavy atom. The van der Waals surface area contributed by atoms with Gasteiger partial charge in [-0.3, -0.25) is 0 Å². The number of oxime groups is 1. The third kappa shape index (κ3) is 6.92. The molecule has 128 valence electrons.